The molecule has 0 spiro atoms. The molecule has 0 aromatic heterocycles. The molecule has 1 aromatic rings. The molecule has 0 saturated carbocycles. The van der Waals surface area contributed by atoms with Crippen molar-refractivity contribution in [1.29, 1.82) is 0 Å². The Morgan fingerprint density at radius 2 is 2.00 bits per heavy atom. The number of nitro benzene ring substituents is 1. The quantitative estimate of drug-likeness (QED) is 0.617. The van der Waals surface area contributed by atoms with Gasteiger partial charge >= 0.3 is 6.09 Å². The van der Waals surface area contributed by atoms with E-state index in [1.165, 1.54) is 6.07 Å². The van der Waals surface area contributed by atoms with Crippen LogP contribution in [0.2, 0.25) is 0 Å². The highest BCUT2D eigenvalue weighted by Gasteiger charge is 2.25. The van der Waals surface area contributed by atoms with Crippen LogP contribution in [0, 0.1) is 23.0 Å². The second-order valence-electron chi connectivity index (χ2n) is 5.33. The van der Waals surface area contributed by atoms with E-state index in [0.29, 0.717) is 11.3 Å². The molecule has 0 heterocycles. The third-order valence-electron chi connectivity index (χ3n) is 3.17. The topological polar surface area (TPSA) is 111 Å². The number of hydrogen-bond acceptors (Lipinski definition) is 5. The second-order valence-corrected chi connectivity index (χ2v) is 5.33. The van der Waals surface area contributed by atoms with Gasteiger partial charge in [0.05, 0.1) is 11.5 Å². The first-order valence-electron chi connectivity index (χ1n) is 7.25. The molecule has 23 heavy (non-hydrogen) atoms. The molecule has 1 aromatic carbocycles. The van der Waals surface area contributed by atoms with Gasteiger partial charge in [-0.3, -0.25) is 14.9 Å². The molecule has 0 radical (unpaired) electrons. The zero-order valence-corrected chi connectivity index (χ0v) is 13.6. The Morgan fingerprint density at radius 1 is 1.35 bits per heavy atom. The summed E-state index contributed by atoms with van der Waals surface area (Å²) in [4.78, 5) is 34.2. The Balaban J connectivity index is 2.88. The molecule has 0 bridgehead atoms. The summed E-state index contributed by atoms with van der Waals surface area (Å²) >= 11 is 0. The fraction of sp³-hybridized carbons (Fsp3) is 0.467. The van der Waals surface area contributed by atoms with E-state index in [-0.39, 0.29) is 18.2 Å². The minimum atomic E-state index is -0.811. The van der Waals surface area contributed by atoms with E-state index in [1.807, 2.05) is 0 Å². The Kier molecular flexibility index (Phi) is 6.49. The van der Waals surface area contributed by atoms with Gasteiger partial charge in [0.1, 0.15) is 6.04 Å². The molecular formula is C15H21N3O5. The first kappa shape index (κ1) is 18.4. The standard InChI is InChI=1S/C15H21N3O5/c1-5-23-15(20)17-13(9(2)3)14(19)16-11-7-6-10(4)12(8-11)18(21)22/h6-9,13H,5H2,1-4H3,(H,16,19)(H,17,20). The zero-order valence-electron chi connectivity index (χ0n) is 13.6. The lowest BCUT2D eigenvalue weighted by Gasteiger charge is -2.21. The summed E-state index contributed by atoms with van der Waals surface area (Å²) in [6.45, 7) is 7.02. The van der Waals surface area contributed by atoms with E-state index < -0.39 is 23.0 Å². The first-order chi connectivity index (χ1) is 10.8. The second kappa shape index (κ2) is 8.11. The van der Waals surface area contributed by atoms with Gasteiger partial charge in [-0.1, -0.05) is 19.9 Å². The predicted molar refractivity (Wildman–Crippen MR) is 85.2 cm³/mol. The van der Waals surface area contributed by atoms with E-state index >= 15 is 0 Å². The summed E-state index contributed by atoms with van der Waals surface area (Å²) in [7, 11) is 0. The van der Waals surface area contributed by atoms with Crippen LogP contribution in [0.3, 0.4) is 0 Å². The SMILES string of the molecule is CCOC(=O)NC(C(=O)Nc1ccc(C)c([N+](=O)[O-])c1)C(C)C. The third kappa shape index (κ3) is 5.24. The van der Waals surface area contributed by atoms with E-state index in [2.05, 4.69) is 10.6 Å². The number of hydrogen-bond donors (Lipinski definition) is 2. The minimum absolute atomic E-state index is 0.0813. The van der Waals surface area contributed by atoms with Crippen LogP contribution >= 0.6 is 0 Å². The first-order valence-corrected chi connectivity index (χ1v) is 7.25. The van der Waals surface area contributed by atoms with Crippen LogP contribution in [0.4, 0.5) is 16.2 Å². The van der Waals surface area contributed by atoms with Crippen molar-refractivity contribution in [2.75, 3.05) is 11.9 Å². The van der Waals surface area contributed by atoms with Crippen molar-refractivity contribution in [3.8, 4) is 0 Å². The van der Waals surface area contributed by atoms with Crippen molar-refractivity contribution in [2.24, 2.45) is 5.92 Å². The summed E-state index contributed by atoms with van der Waals surface area (Å²) in [5, 5.41) is 16.0. The van der Waals surface area contributed by atoms with Crippen molar-refractivity contribution in [3.63, 3.8) is 0 Å². The van der Waals surface area contributed by atoms with Gasteiger partial charge in [-0.05, 0) is 25.8 Å². The molecule has 126 valence electrons. The van der Waals surface area contributed by atoms with Gasteiger partial charge in [-0.2, -0.15) is 0 Å². The number of nitrogens with zero attached hydrogens (tertiary/aromatic N) is 1. The van der Waals surface area contributed by atoms with Gasteiger partial charge in [-0.25, -0.2) is 4.79 Å². The fourth-order valence-corrected chi connectivity index (χ4v) is 1.94. The number of carbonyl (C=O) groups excluding carboxylic acids is 2. The summed E-state index contributed by atoms with van der Waals surface area (Å²) in [5.41, 5.74) is 0.712. The summed E-state index contributed by atoms with van der Waals surface area (Å²) in [5.74, 6) is -0.647. The lowest BCUT2D eigenvalue weighted by Crippen LogP contribution is -2.47. The van der Waals surface area contributed by atoms with Crippen molar-refractivity contribution >= 4 is 23.4 Å². The van der Waals surface area contributed by atoms with Gasteiger partial charge in [0, 0.05) is 17.3 Å². The number of nitro groups is 1. The predicted octanol–water partition coefficient (Wildman–Crippen LogP) is 2.61. The molecule has 0 saturated heterocycles. The molecule has 8 nitrogen and oxygen atoms in total. The maximum atomic E-state index is 12.3. The number of alkyl carbamates (subject to hydrolysis) is 1. The number of ether oxygens (including phenoxy) is 1. The monoisotopic (exact) mass is 323 g/mol. The third-order valence-corrected chi connectivity index (χ3v) is 3.17. The van der Waals surface area contributed by atoms with Gasteiger partial charge < -0.3 is 15.4 Å². The Bertz CT molecular complexity index is 601. The number of amides is 2. The number of nitrogens with one attached hydrogen (secondary N) is 2. The lowest BCUT2D eigenvalue weighted by atomic mass is 10.0. The molecule has 1 rings (SSSR count). The molecule has 0 aliphatic carbocycles. The minimum Gasteiger partial charge on any atom is -0.450 e. The lowest BCUT2D eigenvalue weighted by molar-refractivity contribution is -0.385. The summed E-state index contributed by atoms with van der Waals surface area (Å²) in [6.07, 6.45) is -0.684. The normalized spacial score (nSPS) is 11.7. The van der Waals surface area contributed by atoms with Gasteiger partial charge in [0.15, 0.2) is 0 Å². The Labute approximate surface area is 134 Å². The van der Waals surface area contributed by atoms with E-state index in [9.17, 15) is 19.7 Å². The molecule has 0 fully saturated rings. The fourth-order valence-electron chi connectivity index (χ4n) is 1.94. The molecular weight excluding hydrogens is 302 g/mol. The van der Waals surface area contributed by atoms with Crippen molar-refractivity contribution in [1.82, 2.24) is 5.32 Å². The average molecular weight is 323 g/mol. The largest absolute Gasteiger partial charge is 0.450 e. The highest BCUT2D eigenvalue weighted by Crippen LogP contribution is 2.22. The van der Waals surface area contributed by atoms with E-state index in [4.69, 9.17) is 4.74 Å². The number of rotatable bonds is 6. The zero-order chi connectivity index (χ0) is 17.6. The maximum Gasteiger partial charge on any atom is 0.407 e. The molecule has 2 N–H and O–H groups in total. The van der Waals surface area contributed by atoms with Gasteiger partial charge in [-0.15, -0.1) is 0 Å². The summed E-state index contributed by atoms with van der Waals surface area (Å²) < 4.78 is 4.77. The average Bonchev–Trinajstić information content (AvgIpc) is 2.46. The van der Waals surface area contributed by atoms with Gasteiger partial charge in [0.2, 0.25) is 5.91 Å². The van der Waals surface area contributed by atoms with E-state index in [1.54, 1.807) is 39.8 Å². The van der Waals surface area contributed by atoms with Crippen LogP contribution in [0.15, 0.2) is 18.2 Å². The van der Waals surface area contributed by atoms with Crippen molar-refractivity contribution < 1.29 is 19.2 Å². The van der Waals surface area contributed by atoms with Crippen LogP contribution in [-0.4, -0.2) is 29.6 Å². The van der Waals surface area contributed by atoms with Gasteiger partial charge in [0.25, 0.3) is 5.69 Å². The number of benzene rings is 1. The van der Waals surface area contributed by atoms with Crippen molar-refractivity contribution in [2.45, 2.75) is 33.7 Å². The molecule has 0 aliphatic heterocycles. The van der Waals surface area contributed by atoms with E-state index in [0.717, 1.165) is 0 Å². The smallest absolute Gasteiger partial charge is 0.407 e. The van der Waals surface area contributed by atoms with Crippen LogP contribution in [0.1, 0.15) is 26.3 Å². The van der Waals surface area contributed by atoms with Crippen LogP contribution in [-0.2, 0) is 9.53 Å². The number of aryl methyl sites for hydroxylation is 1. The Morgan fingerprint density at radius 3 is 2.52 bits per heavy atom. The number of carbonyl (C=O) groups is 2. The number of anilines is 1. The van der Waals surface area contributed by atoms with Crippen LogP contribution in [0.25, 0.3) is 0 Å². The maximum absolute atomic E-state index is 12.3. The highest BCUT2D eigenvalue weighted by atomic mass is 16.6. The van der Waals surface area contributed by atoms with Crippen LogP contribution in [0.5, 0.6) is 0 Å². The molecule has 1 unspecified atom stereocenters. The highest BCUT2D eigenvalue weighted by molar-refractivity contribution is 5.97. The molecule has 0 aliphatic rings. The van der Waals surface area contributed by atoms with Crippen molar-refractivity contribution in [3.05, 3.63) is 33.9 Å². The molecule has 8 heteroatoms. The van der Waals surface area contributed by atoms with Crippen LogP contribution < -0.4 is 10.6 Å². The Hall–Kier alpha value is -2.64. The summed E-state index contributed by atoms with van der Waals surface area (Å²) in [6, 6.07) is 3.60. The molecule has 2 amide bonds. The molecule has 1 atom stereocenters.